The van der Waals surface area contributed by atoms with Gasteiger partial charge >= 0.3 is 0 Å². The Morgan fingerprint density at radius 3 is 1.92 bits per heavy atom. The molecule has 38 heavy (non-hydrogen) atoms. The van der Waals surface area contributed by atoms with E-state index in [1.165, 1.54) is 20.2 Å². The normalized spacial score (nSPS) is 11.7. The second-order valence-electron chi connectivity index (χ2n) is 9.51. The Morgan fingerprint density at radius 2 is 1.08 bits per heavy atom. The number of aromatic nitrogens is 1. The van der Waals surface area contributed by atoms with Crippen LogP contribution in [0.1, 0.15) is 0 Å². The van der Waals surface area contributed by atoms with Gasteiger partial charge in [0.2, 0.25) is 0 Å². The monoisotopic (exact) mass is 503 g/mol. The predicted octanol–water partition coefficient (Wildman–Crippen LogP) is 10.3. The SMILES string of the molecule is c1ccc(-c2cccc3c2oc2ccccc23)c(-c2ccccc2-c2nccc3c2sc2ccccc23)c1. The number of nitrogens with zero attached hydrogens (tertiary/aromatic N) is 1. The van der Waals surface area contributed by atoms with Gasteiger partial charge in [-0.2, -0.15) is 0 Å². The molecule has 5 aromatic carbocycles. The van der Waals surface area contributed by atoms with Crippen LogP contribution in [0.25, 0.3) is 75.6 Å². The summed E-state index contributed by atoms with van der Waals surface area (Å²) in [6.07, 6.45) is 1.94. The first kappa shape index (κ1) is 21.4. The van der Waals surface area contributed by atoms with Crippen molar-refractivity contribution in [1.29, 1.82) is 0 Å². The molecule has 0 amide bonds. The van der Waals surface area contributed by atoms with E-state index in [0.717, 1.165) is 55.4 Å². The Balaban J connectivity index is 1.39. The van der Waals surface area contributed by atoms with E-state index in [1.54, 1.807) is 0 Å². The maximum absolute atomic E-state index is 6.42. The molecule has 0 bridgehead atoms. The second kappa shape index (κ2) is 8.41. The molecule has 3 heteroatoms. The van der Waals surface area contributed by atoms with Crippen LogP contribution >= 0.6 is 11.3 Å². The van der Waals surface area contributed by atoms with Crippen molar-refractivity contribution in [2.24, 2.45) is 0 Å². The van der Waals surface area contributed by atoms with Gasteiger partial charge in [-0.05, 0) is 34.9 Å². The molecule has 0 saturated carbocycles. The number of furan rings is 1. The van der Waals surface area contributed by atoms with Crippen molar-refractivity contribution in [3.8, 4) is 33.5 Å². The van der Waals surface area contributed by atoms with Crippen LogP contribution < -0.4 is 0 Å². The quantitative estimate of drug-likeness (QED) is 0.240. The molecule has 0 spiro atoms. The number of rotatable bonds is 3. The summed E-state index contributed by atoms with van der Waals surface area (Å²) < 4.78 is 8.93. The highest BCUT2D eigenvalue weighted by atomic mass is 32.1. The highest BCUT2D eigenvalue weighted by Crippen LogP contribution is 2.44. The largest absolute Gasteiger partial charge is 0.455 e. The molecule has 0 saturated heterocycles. The van der Waals surface area contributed by atoms with Gasteiger partial charge in [0.1, 0.15) is 11.2 Å². The van der Waals surface area contributed by atoms with Crippen molar-refractivity contribution in [3.05, 3.63) is 128 Å². The molecule has 0 aliphatic heterocycles. The Hall–Kier alpha value is -4.73. The minimum absolute atomic E-state index is 0.911. The first-order valence-electron chi connectivity index (χ1n) is 12.7. The van der Waals surface area contributed by atoms with Gasteiger partial charge in [0, 0.05) is 43.6 Å². The summed E-state index contributed by atoms with van der Waals surface area (Å²) in [6, 6.07) is 42.7. The average molecular weight is 504 g/mol. The molecule has 0 unspecified atom stereocenters. The van der Waals surface area contributed by atoms with E-state index < -0.39 is 0 Å². The molecule has 0 N–H and O–H groups in total. The number of benzene rings is 5. The maximum atomic E-state index is 6.42. The summed E-state index contributed by atoms with van der Waals surface area (Å²) in [6.45, 7) is 0. The molecule has 3 aromatic heterocycles. The van der Waals surface area contributed by atoms with E-state index in [9.17, 15) is 0 Å². The summed E-state index contributed by atoms with van der Waals surface area (Å²) in [5.74, 6) is 0. The summed E-state index contributed by atoms with van der Waals surface area (Å²) in [5.41, 5.74) is 8.55. The molecule has 0 radical (unpaired) electrons. The van der Waals surface area contributed by atoms with Crippen LogP contribution in [0.5, 0.6) is 0 Å². The fraction of sp³-hybridized carbons (Fsp3) is 0. The van der Waals surface area contributed by atoms with Gasteiger partial charge in [0.05, 0.1) is 10.4 Å². The molecule has 0 aliphatic carbocycles. The van der Waals surface area contributed by atoms with Gasteiger partial charge in [0.25, 0.3) is 0 Å². The van der Waals surface area contributed by atoms with E-state index in [4.69, 9.17) is 9.40 Å². The third kappa shape index (κ3) is 3.16. The van der Waals surface area contributed by atoms with E-state index in [0.29, 0.717) is 0 Å². The fourth-order valence-electron chi connectivity index (χ4n) is 5.68. The van der Waals surface area contributed by atoms with Crippen LogP contribution in [0.4, 0.5) is 0 Å². The second-order valence-corrected chi connectivity index (χ2v) is 10.6. The lowest BCUT2D eigenvalue weighted by atomic mass is 9.90. The van der Waals surface area contributed by atoms with Crippen LogP contribution in [0.15, 0.2) is 132 Å². The number of hydrogen-bond donors (Lipinski definition) is 0. The lowest BCUT2D eigenvalue weighted by Crippen LogP contribution is -1.91. The smallest absolute Gasteiger partial charge is 0.143 e. The summed E-state index contributed by atoms with van der Waals surface area (Å²) >= 11 is 1.81. The summed E-state index contributed by atoms with van der Waals surface area (Å²) in [5, 5.41) is 4.82. The molecular weight excluding hydrogens is 482 g/mol. The third-order valence-corrected chi connectivity index (χ3v) is 8.58. The average Bonchev–Trinajstić information content (AvgIpc) is 3.56. The van der Waals surface area contributed by atoms with Crippen LogP contribution in [0.3, 0.4) is 0 Å². The lowest BCUT2D eigenvalue weighted by molar-refractivity contribution is 0.670. The van der Waals surface area contributed by atoms with Crippen molar-refractivity contribution in [3.63, 3.8) is 0 Å². The van der Waals surface area contributed by atoms with E-state index in [-0.39, 0.29) is 0 Å². The number of fused-ring (bicyclic) bond motifs is 6. The molecule has 8 rings (SSSR count). The van der Waals surface area contributed by atoms with Crippen LogP contribution in [-0.4, -0.2) is 4.98 Å². The number of pyridine rings is 1. The molecule has 0 atom stereocenters. The minimum Gasteiger partial charge on any atom is -0.455 e. The summed E-state index contributed by atoms with van der Waals surface area (Å²) in [4.78, 5) is 4.93. The Labute approximate surface area is 223 Å². The van der Waals surface area contributed by atoms with E-state index >= 15 is 0 Å². The van der Waals surface area contributed by atoms with Crippen molar-refractivity contribution in [2.75, 3.05) is 0 Å². The topological polar surface area (TPSA) is 26.0 Å². The van der Waals surface area contributed by atoms with Crippen LogP contribution in [0, 0.1) is 0 Å². The maximum Gasteiger partial charge on any atom is 0.143 e. The van der Waals surface area contributed by atoms with Gasteiger partial charge in [-0.1, -0.05) is 103 Å². The van der Waals surface area contributed by atoms with E-state index in [2.05, 4.69) is 109 Å². The zero-order valence-electron chi connectivity index (χ0n) is 20.4. The molecule has 8 aromatic rings. The number of hydrogen-bond acceptors (Lipinski definition) is 3. The first-order chi connectivity index (χ1) is 18.9. The fourth-order valence-corrected chi connectivity index (χ4v) is 6.88. The van der Waals surface area contributed by atoms with Crippen molar-refractivity contribution in [1.82, 2.24) is 4.98 Å². The van der Waals surface area contributed by atoms with Gasteiger partial charge in [0.15, 0.2) is 0 Å². The van der Waals surface area contributed by atoms with E-state index in [1.807, 2.05) is 29.7 Å². The van der Waals surface area contributed by atoms with Crippen molar-refractivity contribution < 1.29 is 4.42 Å². The molecule has 2 nitrogen and oxygen atoms in total. The molecule has 178 valence electrons. The van der Waals surface area contributed by atoms with Crippen LogP contribution in [-0.2, 0) is 0 Å². The Morgan fingerprint density at radius 1 is 0.474 bits per heavy atom. The van der Waals surface area contributed by atoms with Crippen molar-refractivity contribution >= 4 is 53.4 Å². The highest BCUT2D eigenvalue weighted by molar-refractivity contribution is 7.26. The minimum atomic E-state index is 0.911. The molecular formula is C35H21NOS. The first-order valence-corrected chi connectivity index (χ1v) is 13.5. The number of thiophene rings is 1. The summed E-state index contributed by atoms with van der Waals surface area (Å²) in [7, 11) is 0. The molecule has 0 aliphatic rings. The molecule has 3 heterocycles. The lowest BCUT2D eigenvalue weighted by Gasteiger charge is -2.15. The van der Waals surface area contributed by atoms with Gasteiger partial charge in [-0.3, -0.25) is 4.98 Å². The molecule has 0 fully saturated rings. The van der Waals surface area contributed by atoms with Gasteiger partial charge in [-0.25, -0.2) is 0 Å². The highest BCUT2D eigenvalue weighted by Gasteiger charge is 2.19. The number of para-hydroxylation sites is 2. The van der Waals surface area contributed by atoms with Gasteiger partial charge in [-0.15, -0.1) is 11.3 Å². The van der Waals surface area contributed by atoms with Crippen molar-refractivity contribution in [2.45, 2.75) is 0 Å². The van der Waals surface area contributed by atoms with Gasteiger partial charge < -0.3 is 4.42 Å². The zero-order valence-corrected chi connectivity index (χ0v) is 21.2. The predicted molar refractivity (Wildman–Crippen MR) is 161 cm³/mol. The standard InChI is InChI=1S/C35H21NOS/c1-2-12-24(28-16-9-17-29-25-13-5-7-18-31(25)37-34(28)29)22(10-1)23-11-3-4-15-27(23)33-35-30(20-21-36-33)26-14-6-8-19-32(26)38-35/h1-21H. The third-order valence-electron chi connectivity index (χ3n) is 7.39. The zero-order chi connectivity index (χ0) is 25.1. The van der Waals surface area contributed by atoms with Crippen LogP contribution in [0.2, 0.25) is 0 Å². The Kier molecular flexibility index (Phi) is 4.73. The Bertz CT molecular complexity index is 1990.